The van der Waals surface area contributed by atoms with Crippen molar-refractivity contribution in [3.63, 3.8) is 0 Å². The normalized spacial score (nSPS) is 13.3. The van der Waals surface area contributed by atoms with E-state index in [1.807, 2.05) is 0 Å². The summed E-state index contributed by atoms with van der Waals surface area (Å²) < 4.78 is 37.8. The van der Waals surface area contributed by atoms with Crippen molar-refractivity contribution in [3.8, 4) is 0 Å². The first-order chi connectivity index (χ1) is 12.3. The Kier molecular flexibility index (Phi) is 3.66. The average Bonchev–Trinajstić information content (AvgIpc) is 3.04. The van der Waals surface area contributed by atoms with Crippen molar-refractivity contribution in [2.24, 2.45) is 0 Å². The Balaban J connectivity index is 1.65. The van der Waals surface area contributed by atoms with Crippen LogP contribution in [0.3, 0.4) is 0 Å². The van der Waals surface area contributed by atoms with Crippen molar-refractivity contribution in [2.75, 3.05) is 5.32 Å². The Bertz CT molecular complexity index is 987. The monoisotopic (exact) mass is 374 g/mol. The lowest BCUT2D eigenvalue weighted by Crippen LogP contribution is -2.19. The first kappa shape index (κ1) is 16.5. The summed E-state index contributed by atoms with van der Waals surface area (Å²) in [5, 5.41) is 3.11. The van der Waals surface area contributed by atoms with Crippen LogP contribution in [-0.4, -0.2) is 16.6 Å². The SMILES string of the molecule is O=C1c2ccccc2C(=O)c2sc(Nc3ccc(C(F)(F)F)cc3)nc21. The van der Waals surface area contributed by atoms with Gasteiger partial charge in [-0.05, 0) is 24.3 Å². The van der Waals surface area contributed by atoms with Crippen LogP contribution >= 0.6 is 11.3 Å². The number of carbonyl (C=O) groups excluding carboxylic acids is 2. The molecule has 0 aliphatic heterocycles. The van der Waals surface area contributed by atoms with Crippen LogP contribution in [0.1, 0.15) is 36.9 Å². The third kappa shape index (κ3) is 2.68. The number of anilines is 2. The standard InChI is InChI=1S/C18H9F3N2O2S/c19-18(20,21)9-5-7-10(8-6-9)22-17-23-13-14(24)11-3-1-2-4-12(11)15(25)16(13)26-17/h1-8H,(H,22,23). The Hall–Kier alpha value is -3.00. The fourth-order valence-corrected chi connectivity index (χ4v) is 3.61. The van der Waals surface area contributed by atoms with Crippen LogP contribution < -0.4 is 5.32 Å². The predicted molar refractivity (Wildman–Crippen MR) is 90.1 cm³/mol. The van der Waals surface area contributed by atoms with E-state index in [2.05, 4.69) is 10.3 Å². The summed E-state index contributed by atoms with van der Waals surface area (Å²) >= 11 is 1.00. The molecule has 0 saturated heterocycles. The molecule has 1 aliphatic rings. The maximum atomic E-state index is 12.6. The van der Waals surface area contributed by atoms with E-state index < -0.39 is 11.7 Å². The van der Waals surface area contributed by atoms with Gasteiger partial charge >= 0.3 is 6.18 Å². The molecule has 0 atom stereocenters. The van der Waals surface area contributed by atoms with Gasteiger partial charge in [-0.2, -0.15) is 13.2 Å². The fraction of sp³-hybridized carbons (Fsp3) is 0.0556. The van der Waals surface area contributed by atoms with E-state index >= 15 is 0 Å². The number of hydrogen-bond donors (Lipinski definition) is 1. The molecule has 1 N–H and O–H groups in total. The number of fused-ring (bicyclic) bond motifs is 2. The zero-order valence-electron chi connectivity index (χ0n) is 12.9. The van der Waals surface area contributed by atoms with Crippen molar-refractivity contribution >= 4 is 33.7 Å². The van der Waals surface area contributed by atoms with E-state index in [9.17, 15) is 22.8 Å². The topological polar surface area (TPSA) is 59.1 Å². The zero-order chi connectivity index (χ0) is 18.5. The molecule has 1 heterocycles. The first-order valence-electron chi connectivity index (χ1n) is 7.48. The van der Waals surface area contributed by atoms with Gasteiger partial charge in [0, 0.05) is 16.8 Å². The molecular weight excluding hydrogens is 365 g/mol. The molecule has 0 amide bonds. The third-order valence-electron chi connectivity index (χ3n) is 3.93. The third-order valence-corrected chi connectivity index (χ3v) is 4.90. The van der Waals surface area contributed by atoms with E-state index in [1.54, 1.807) is 24.3 Å². The summed E-state index contributed by atoms with van der Waals surface area (Å²) in [6.07, 6.45) is -4.41. The van der Waals surface area contributed by atoms with Gasteiger partial charge in [0.25, 0.3) is 0 Å². The first-order valence-corrected chi connectivity index (χ1v) is 8.30. The Morgan fingerprint density at radius 3 is 2.12 bits per heavy atom. The minimum absolute atomic E-state index is 0.0631. The second-order valence-corrected chi connectivity index (χ2v) is 6.60. The van der Waals surface area contributed by atoms with E-state index in [0.29, 0.717) is 16.8 Å². The number of nitrogens with one attached hydrogen (secondary N) is 1. The quantitative estimate of drug-likeness (QED) is 0.553. The lowest BCUT2D eigenvalue weighted by atomic mass is 9.91. The Morgan fingerprint density at radius 1 is 0.885 bits per heavy atom. The van der Waals surface area contributed by atoms with Gasteiger partial charge in [-0.25, -0.2) is 4.98 Å². The van der Waals surface area contributed by atoms with Crippen LogP contribution in [0.25, 0.3) is 0 Å². The van der Waals surface area contributed by atoms with Gasteiger partial charge in [0.2, 0.25) is 11.6 Å². The number of nitrogens with zero attached hydrogens (tertiary/aromatic N) is 1. The molecule has 0 saturated carbocycles. The lowest BCUT2D eigenvalue weighted by molar-refractivity contribution is -0.137. The summed E-state index contributed by atoms with van der Waals surface area (Å²) in [6.45, 7) is 0. The van der Waals surface area contributed by atoms with Gasteiger partial charge in [-0.3, -0.25) is 9.59 Å². The highest BCUT2D eigenvalue weighted by Gasteiger charge is 2.33. The van der Waals surface area contributed by atoms with Crippen molar-refractivity contribution < 1.29 is 22.8 Å². The molecule has 0 unspecified atom stereocenters. The van der Waals surface area contributed by atoms with Crippen molar-refractivity contribution in [3.05, 3.63) is 75.8 Å². The molecule has 0 radical (unpaired) electrons. The molecule has 4 nitrogen and oxygen atoms in total. The van der Waals surface area contributed by atoms with Crippen LogP contribution in [0.4, 0.5) is 24.0 Å². The molecule has 1 aromatic heterocycles. The molecule has 3 aromatic rings. The maximum absolute atomic E-state index is 12.6. The number of hydrogen-bond acceptors (Lipinski definition) is 5. The molecule has 0 bridgehead atoms. The second-order valence-electron chi connectivity index (χ2n) is 5.60. The largest absolute Gasteiger partial charge is 0.416 e. The summed E-state index contributed by atoms with van der Waals surface area (Å²) in [6, 6.07) is 10.9. The molecule has 2 aromatic carbocycles. The summed E-state index contributed by atoms with van der Waals surface area (Å²) in [7, 11) is 0. The van der Waals surface area contributed by atoms with E-state index in [1.165, 1.54) is 12.1 Å². The number of thiazole rings is 1. The highest BCUT2D eigenvalue weighted by atomic mass is 32.1. The number of carbonyl (C=O) groups is 2. The van der Waals surface area contributed by atoms with Gasteiger partial charge in [-0.15, -0.1) is 0 Å². The molecule has 0 fully saturated rings. The van der Waals surface area contributed by atoms with Crippen LogP contribution in [0, 0.1) is 0 Å². The minimum atomic E-state index is -4.41. The number of halogens is 3. The Morgan fingerprint density at radius 2 is 1.50 bits per heavy atom. The van der Waals surface area contributed by atoms with Gasteiger partial charge in [0.1, 0.15) is 10.6 Å². The molecular formula is C18H9F3N2O2S. The smallest absolute Gasteiger partial charge is 0.332 e. The van der Waals surface area contributed by atoms with Crippen LogP contribution in [0.2, 0.25) is 0 Å². The number of alkyl halides is 3. The number of ketones is 2. The molecule has 130 valence electrons. The van der Waals surface area contributed by atoms with E-state index in [4.69, 9.17) is 0 Å². The lowest BCUT2D eigenvalue weighted by Gasteiger charge is -2.11. The van der Waals surface area contributed by atoms with E-state index in [0.717, 1.165) is 23.5 Å². The zero-order valence-corrected chi connectivity index (χ0v) is 13.7. The van der Waals surface area contributed by atoms with Gasteiger partial charge in [0.05, 0.1) is 5.56 Å². The van der Waals surface area contributed by atoms with Crippen molar-refractivity contribution in [1.29, 1.82) is 0 Å². The summed E-state index contributed by atoms with van der Waals surface area (Å²) in [5.41, 5.74) is 0.308. The highest BCUT2D eigenvalue weighted by molar-refractivity contribution is 7.18. The molecule has 8 heteroatoms. The van der Waals surface area contributed by atoms with Gasteiger partial charge in [-0.1, -0.05) is 35.6 Å². The average molecular weight is 374 g/mol. The van der Waals surface area contributed by atoms with Crippen LogP contribution in [0.15, 0.2) is 48.5 Å². The number of benzene rings is 2. The predicted octanol–water partition coefficient (Wildman–Crippen LogP) is 4.68. The van der Waals surface area contributed by atoms with Crippen LogP contribution in [0.5, 0.6) is 0 Å². The summed E-state index contributed by atoms with van der Waals surface area (Å²) in [4.78, 5) is 29.4. The second kappa shape index (κ2) is 5.77. The molecule has 0 spiro atoms. The molecule has 26 heavy (non-hydrogen) atoms. The minimum Gasteiger partial charge on any atom is -0.332 e. The Labute approximate surface area is 149 Å². The van der Waals surface area contributed by atoms with Gasteiger partial charge < -0.3 is 5.32 Å². The van der Waals surface area contributed by atoms with Crippen molar-refractivity contribution in [2.45, 2.75) is 6.18 Å². The van der Waals surface area contributed by atoms with E-state index in [-0.39, 0.29) is 27.3 Å². The molecule has 4 rings (SSSR count). The van der Waals surface area contributed by atoms with Crippen LogP contribution in [-0.2, 0) is 6.18 Å². The maximum Gasteiger partial charge on any atom is 0.416 e. The van der Waals surface area contributed by atoms with Crippen molar-refractivity contribution in [1.82, 2.24) is 4.98 Å². The molecule has 1 aliphatic carbocycles. The highest BCUT2D eigenvalue weighted by Crippen LogP contribution is 2.35. The number of aromatic nitrogens is 1. The fourth-order valence-electron chi connectivity index (χ4n) is 2.68. The van der Waals surface area contributed by atoms with Gasteiger partial charge in [0.15, 0.2) is 5.13 Å². The summed E-state index contributed by atoms with van der Waals surface area (Å²) in [5.74, 6) is -0.625. The number of rotatable bonds is 2.